The van der Waals surface area contributed by atoms with Crippen LogP contribution in [0.15, 0.2) is 57.5 Å². The van der Waals surface area contributed by atoms with Gasteiger partial charge in [0.1, 0.15) is 11.5 Å². The fourth-order valence-corrected chi connectivity index (χ4v) is 5.28. The summed E-state index contributed by atoms with van der Waals surface area (Å²) < 4.78 is 12.3. The number of hydrogen-bond donors (Lipinski definition) is 1. The van der Waals surface area contributed by atoms with Crippen molar-refractivity contribution in [2.45, 2.75) is 19.9 Å². The highest BCUT2D eigenvalue weighted by Crippen LogP contribution is 2.33. The van der Waals surface area contributed by atoms with E-state index in [0.717, 1.165) is 11.3 Å². The maximum absolute atomic E-state index is 13.6. The lowest BCUT2D eigenvalue weighted by Gasteiger charge is -2.24. The molecule has 0 aliphatic carbocycles. The Hall–Kier alpha value is -3.07. The van der Waals surface area contributed by atoms with Crippen molar-refractivity contribution in [1.29, 1.82) is 0 Å². The molecule has 1 aliphatic heterocycles. The van der Waals surface area contributed by atoms with Crippen molar-refractivity contribution >= 4 is 46.6 Å². The van der Waals surface area contributed by atoms with Crippen LogP contribution >= 0.6 is 34.5 Å². The van der Waals surface area contributed by atoms with Gasteiger partial charge in [-0.05, 0) is 49.8 Å². The van der Waals surface area contributed by atoms with Crippen LogP contribution in [0.25, 0.3) is 6.08 Å². The number of nitrogens with zero attached hydrogens (tertiary/aromatic N) is 2. The van der Waals surface area contributed by atoms with Gasteiger partial charge < -0.3 is 14.6 Å². The van der Waals surface area contributed by atoms with Gasteiger partial charge in [0.2, 0.25) is 0 Å². The minimum absolute atomic E-state index is 0.0723. The van der Waals surface area contributed by atoms with Crippen LogP contribution in [0, 0.1) is 0 Å². The summed E-state index contributed by atoms with van der Waals surface area (Å²) in [7, 11) is 1.56. The Morgan fingerprint density at radius 1 is 1.26 bits per heavy atom. The summed E-state index contributed by atoms with van der Waals surface area (Å²) in [5.41, 5.74) is 1.35. The molecule has 1 N–H and O–H groups in total. The van der Waals surface area contributed by atoms with Gasteiger partial charge in [-0.1, -0.05) is 46.7 Å². The van der Waals surface area contributed by atoms with Crippen LogP contribution < -0.4 is 19.6 Å². The van der Waals surface area contributed by atoms with E-state index in [1.807, 2.05) is 0 Å². The maximum Gasteiger partial charge on any atom is 0.338 e. The minimum Gasteiger partial charge on any atom is -0.506 e. The van der Waals surface area contributed by atoms with Crippen molar-refractivity contribution in [3.63, 3.8) is 0 Å². The second kappa shape index (κ2) is 9.66. The summed E-state index contributed by atoms with van der Waals surface area (Å²) in [6.07, 6.45) is 1.51. The summed E-state index contributed by atoms with van der Waals surface area (Å²) in [4.78, 5) is 31.4. The first kappa shape index (κ1) is 24.1. The third-order valence-electron chi connectivity index (χ3n) is 5.29. The smallest absolute Gasteiger partial charge is 0.338 e. The van der Waals surface area contributed by atoms with Crippen LogP contribution in [0.2, 0.25) is 10.0 Å². The van der Waals surface area contributed by atoms with Gasteiger partial charge in [-0.25, -0.2) is 9.79 Å². The average molecular weight is 519 g/mol. The number of carbonyl (C=O) groups is 1. The van der Waals surface area contributed by atoms with E-state index >= 15 is 0 Å². The van der Waals surface area contributed by atoms with Gasteiger partial charge >= 0.3 is 5.97 Å². The number of methoxy groups -OCH3 is 1. The predicted molar refractivity (Wildman–Crippen MR) is 132 cm³/mol. The lowest BCUT2D eigenvalue weighted by molar-refractivity contribution is -0.139. The summed E-state index contributed by atoms with van der Waals surface area (Å²) in [5, 5.41) is 10.7. The standard InChI is InChI=1S/C24H20Cl2N2O5S/c1-4-33-23(31)19-12(2)27-24-28(20(19)13-5-7-16(32-3)8-6-13)22(30)18(34-24)10-14-9-15(25)11-17(26)21(14)29/h5-11,20,29H,4H2,1-3H3/b18-10-/t20-/m1/s1. The number of phenolic OH excluding ortho intramolecular Hbond substituents is 1. The van der Waals surface area contributed by atoms with Crippen LogP contribution in [-0.2, 0) is 9.53 Å². The molecule has 34 heavy (non-hydrogen) atoms. The maximum atomic E-state index is 13.6. The summed E-state index contributed by atoms with van der Waals surface area (Å²) in [5.74, 6) is -0.0898. The molecule has 0 saturated heterocycles. The summed E-state index contributed by atoms with van der Waals surface area (Å²) >= 11 is 13.2. The number of aromatic nitrogens is 1. The van der Waals surface area contributed by atoms with Gasteiger partial charge in [0.05, 0.1) is 40.6 Å². The first-order valence-corrected chi connectivity index (χ1v) is 11.8. The van der Waals surface area contributed by atoms with Gasteiger partial charge in [-0.2, -0.15) is 0 Å². The minimum atomic E-state index is -0.750. The van der Waals surface area contributed by atoms with Crippen LogP contribution in [0.1, 0.15) is 31.0 Å². The van der Waals surface area contributed by atoms with Crippen molar-refractivity contribution in [2.75, 3.05) is 13.7 Å². The SMILES string of the molecule is CCOC(=O)C1=C(C)N=c2s/c(=C\c3cc(Cl)cc(Cl)c3O)c(=O)n2[C@@H]1c1ccc(OC)cc1. The second-order valence-electron chi connectivity index (χ2n) is 7.40. The van der Waals surface area contributed by atoms with Crippen molar-refractivity contribution in [3.8, 4) is 11.5 Å². The number of esters is 1. The highest BCUT2D eigenvalue weighted by molar-refractivity contribution is 7.07. The molecule has 3 aromatic rings. The average Bonchev–Trinajstić information content (AvgIpc) is 3.10. The van der Waals surface area contributed by atoms with Gasteiger partial charge in [0.15, 0.2) is 4.80 Å². The molecule has 1 atom stereocenters. The number of fused-ring (bicyclic) bond motifs is 1. The molecule has 0 unspecified atom stereocenters. The number of rotatable bonds is 5. The number of phenols is 1. The molecule has 7 nitrogen and oxygen atoms in total. The molecule has 2 heterocycles. The van der Waals surface area contributed by atoms with E-state index in [1.165, 1.54) is 22.8 Å². The molecule has 0 fully saturated rings. The summed E-state index contributed by atoms with van der Waals surface area (Å²) in [6, 6.07) is 9.28. The van der Waals surface area contributed by atoms with Crippen molar-refractivity contribution in [1.82, 2.24) is 4.57 Å². The lowest BCUT2D eigenvalue weighted by Crippen LogP contribution is -2.39. The highest BCUT2D eigenvalue weighted by atomic mass is 35.5. The Kier molecular flexibility index (Phi) is 6.84. The van der Waals surface area contributed by atoms with Gasteiger partial charge in [-0.3, -0.25) is 9.36 Å². The summed E-state index contributed by atoms with van der Waals surface area (Å²) in [6.45, 7) is 3.61. The van der Waals surface area contributed by atoms with Crippen LogP contribution in [-0.4, -0.2) is 29.4 Å². The van der Waals surface area contributed by atoms with E-state index in [-0.39, 0.29) is 28.5 Å². The molecular formula is C24H20Cl2N2O5S. The number of carbonyl (C=O) groups excluding carboxylic acids is 1. The van der Waals surface area contributed by atoms with Crippen LogP contribution in [0.3, 0.4) is 0 Å². The fraction of sp³-hybridized carbons (Fsp3) is 0.208. The van der Waals surface area contributed by atoms with Crippen molar-refractivity contribution < 1.29 is 19.4 Å². The molecule has 1 aromatic heterocycles. The molecule has 10 heteroatoms. The van der Waals surface area contributed by atoms with Gasteiger partial charge in [-0.15, -0.1) is 0 Å². The molecule has 1 aliphatic rings. The zero-order valence-electron chi connectivity index (χ0n) is 18.5. The quantitative estimate of drug-likeness (QED) is 0.518. The molecule has 0 radical (unpaired) electrons. The Balaban J connectivity index is 1.97. The molecular weight excluding hydrogens is 499 g/mol. The largest absolute Gasteiger partial charge is 0.506 e. The van der Waals surface area contributed by atoms with E-state index in [0.29, 0.717) is 36.9 Å². The Morgan fingerprint density at radius 2 is 1.97 bits per heavy atom. The zero-order valence-corrected chi connectivity index (χ0v) is 20.8. The molecule has 0 saturated carbocycles. The third-order valence-corrected chi connectivity index (χ3v) is 6.78. The first-order valence-electron chi connectivity index (χ1n) is 10.3. The van der Waals surface area contributed by atoms with Crippen molar-refractivity contribution in [3.05, 3.63) is 88.5 Å². The lowest BCUT2D eigenvalue weighted by atomic mass is 9.96. The number of benzene rings is 2. The molecule has 0 spiro atoms. The molecule has 176 valence electrons. The number of ether oxygens (including phenoxy) is 2. The Morgan fingerprint density at radius 3 is 2.62 bits per heavy atom. The molecule has 0 amide bonds. The second-order valence-corrected chi connectivity index (χ2v) is 9.25. The topological polar surface area (TPSA) is 90.1 Å². The zero-order chi connectivity index (χ0) is 24.6. The Labute approximate surface area is 208 Å². The Bertz CT molecular complexity index is 1490. The number of hydrogen-bond acceptors (Lipinski definition) is 7. The third kappa shape index (κ3) is 4.36. The normalized spacial score (nSPS) is 15.7. The number of aromatic hydroxyl groups is 1. The number of halogens is 2. The predicted octanol–water partition coefficient (Wildman–Crippen LogP) is 3.82. The number of allylic oxidation sites excluding steroid dienone is 1. The van der Waals surface area contributed by atoms with E-state index in [1.54, 1.807) is 45.2 Å². The first-order chi connectivity index (χ1) is 16.2. The van der Waals surface area contributed by atoms with Crippen LogP contribution in [0.5, 0.6) is 11.5 Å². The van der Waals surface area contributed by atoms with Crippen LogP contribution in [0.4, 0.5) is 0 Å². The van der Waals surface area contributed by atoms with E-state index in [9.17, 15) is 14.7 Å². The van der Waals surface area contributed by atoms with E-state index in [2.05, 4.69) is 4.99 Å². The fourth-order valence-electron chi connectivity index (χ4n) is 3.73. The monoisotopic (exact) mass is 518 g/mol. The van der Waals surface area contributed by atoms with Gasteiger partial charge in [0.25, 0.3) is 5.56 Å². The molecule has 4 rings (SSSR count). The van der Waals surface area contributed by atoms with Crippen molar-refractivity contribution in [2.24, 2.45) is 4.99 Å². The van der Waals surface area contributed by atoms with E-state index in [4.69, 9.17) is 32.7 Å². The van der Waals surface area contributed by atoms with E-state index < -0.39 is 12.0 Å². The van der Waals surface area contributed by atoms with Gasteiger partial charge in [0, 0.05) is 10.6 Å². The molecule has 2 aromatic carbocycles. The highest BCUT2D eigenvalue weighted by Gasteiger charge is 2.33. The molecule has 0 bridgehead atoms. The number of thiazole rings is 1.